The van der Waals surface area contributed by atoms with Crippen molar-refractivity contribution in [3.63, 3.8) is 0 Å². The van der Waals surface area contributed by atoms with Gasteiger partial charge in [-0.1, -0.05) is 12.1 Å². The molecule has 1 rings (SSSR count). The molecule has 0 aliphatic heterocycles. The second-order valence-electron chi connectivity index (χ2n) is 2.78. The summed E-state index contributed by atoms with van der Waals surface area (Å²) in [5.74, 6) is -0.137. The summed E-state index contributed by atoms with van der Waals surface area (Å²) >= 11 is 5.64. The predicted octanol–water partition coefficient (Wildman–Crippen LogP) is 2.03. The van der Waals surface area contributed by atoms with Gasteiger partial charge in [0.1, 0.15) is 5.38 Å². The lowest BCUT2D eigenvalue weighted by atomic mass is 10.1. The van der Waals surface area contributed by atoms with Gasteiger partial charge in [0.25, 0.3) is 0 Å². The summed E-state index contributed by atoms with van der Waals surface area (Å²) in [4.78, 5) is 20.9. The highest BCUT2D eigenvalue weighted by atomic mass is 35.5. The number of halogens is 1. The molecule has 0 aliphatic rings. The van der Waals surface area contributed by atoms with E-state index >= 15 is 0 Å². The zero-order valence-electron chi connectivity index (χ0n) is 7.58. The van der Waals surface area contributed by atoms with Crippen LogP contribution >= 0.6 is 11.6 Å². The average molecular weight is 211 g/mol. The van der Waals surface area contributed by atoms with Gasteiger partial charge >= 0.3 is 0 Å². The zero-order valence-corrected chi connectivity index (χ0v) is 8.34. The molecule has 1 aromatic carbocycles. The first-order valence-corrected chi connectivity index (χ1v) is 4.46. The highest BCUT2D eigenvalue weighted by Crippen LogP contribution is 2.19. The van der Waals surface area contributed by atoms with E-state index in [9.17, 15) is 9.59 Å². The fraction of sp³-hybridized carbons (Fsp3) is 0.200. The van der Waals surface area contributed by atoms with Gasteiger partial charge in [-0.25, -0.2) is 0 Å². The first-order chi connectivity index (χ1) is 6.63. The Morgan fingerprint density at radius 3 is 2.43 bits per heavy atom. The van der Waals surface area contributed by atoms with Crippen molar-refractivity contribution >= 4 is 29.5 Å². The van der Waals surface area contributed by atoms with Crippen LogP contribution in [0.1, 0.15) is 17.9 Å². The van der Waals surface area contributed by atoms with E-state index in [2.05, 4.69) is 5.32 Å². The number of carbonyl (C=O) groups is 1. The summed E-state index contributed by atoms with van der Waals surface area (Å²) < 4.78 is 0. The quantitative estimate of drug-likeness (QED) is 0.776. The van der Waals surface area contributed by atoms with E-state index < -0.39 is 5.38 Å². The SMILES string of the molecule is CC(=O)Nc1ccc(C(Cl)[C]=O)cc1. The van der Waals surface area contributed by atoms with Crippen LogP contribution in [-0.4, -0.2) is 12.2 Å². The van der Waals surface area contributed by atoms with E-state index in [1.54, 1.807) is 30.6 Å². The number of amides is 1. The average Bonchev–Trinajstić information content (AvgIpc) is 2.17. The maximum Gasteiger partial charge on any atom is 0.222 e. The molecule has 0 saturated heterocycles. The van der Waals surface area contributed by atoms with Crippen molar-refractivity contribution in [2.24, 2.45) is 0 Å². The van der Waals surface area contributed by atoms with Crippen molar-refractivity contribution in [3.8, 4) is 0 Å². The molecule has 0 fully saturated rings. The maximum atomic E-state index is 10.7. The number of rotatable bonds is 3. The largest absolute Gasteiger partial charge is 0.326 e. The van der Waals surface area contributed by atoms with E-state index in [1.807, 2.05) is 0 Å². The molecule has 0 aromatic heterocycles. The van der Waals surface area contributed by atoms with Gasteiger partial charge in [0, 0.05) is 12.6 Å². The lowest BCUT2D eigenvalue weighted by Crippen LogP contribution is -2.05. The van der Waals surface area contributed by atoms with E-state index in [4.69, 9.17) is 11.6 Å². The van der Waals surface area contributed by atoms with E-state index in [0.29, 0.717) is 11.3 Å². The summed E-state index contributed by atoms with van der Waals surface area (Å²) in [5.41, 5.74) is 1.34. The Bertz CT molecular complexity index is 334. The Balaban J connectivity index is 2.78. The van der Waals surface area contributed by atoms with Crippen LogP contribution in [0.4, 0.5) is 5.69 Å². The third-order valence-corrected chi connectivity index (χ3v) is 1.97. The van der Waals surface area contributed by atoms with Crippen LogP contribution in [0.2, 0.25) is 0 Å². The van der Waals surface area contributed by atoms with Gasteiger partial charge in [0.05, 0.1) is 0 Å². The van der Waals surface area contributed by atoms with Crippen LogP contribution < -0.4 is 5.32 Å². The molecule has 14 heavy (non-hydrogen) atoms. The number of benzene rings is 1. The van der Waals surface area contributed by atoms with Gasteiger partial charge in [-0.05, 0) is 17.7 Å². The number of hydrogen-bond acceptors (Lipinski definition) is 2. The van der Waals surface area contributed by atoms with E-state index in [1.165, 1.54) is 6.92 Å². The monoisotopic (exact) mass is 210 g/mol. The number of nitrogens with one attached hydrogen (secondary N) is 1. The van der Waals surface area contributed by atoms with Crippen molar-refractivity contribution in [3.05, 3.63) is 29.8 Å². The van der Waals surface area contributed by atoms with Gasteiger partial charge in [-0.15, -0.1) is 11.6 Å². The molecule has 1 amide bonds. The van der Waals surface area contributed by atoms with Crippen LogP contribution in [0.25, 0.3) is 0 Å². The Labute approximate surface area is 87.1 Å². The van der Waals surface area contributed by atoms with Crippen LogP contribution in [-0.2, 0) is 9.59 Å². The Hall–Kier alpha value is -1.35. The van der Waals surface area contributed by atoms with Gasteiger partial charge in [0.2, 0.25) is 12.2 Å². The smallest absolute Gasteiger partial charge is 0.222 e. The van der Waals surface area contributed by atoms with E-state index in [-0.39, 0.29) is 5.91 Å². The fourth-order valence-corrected chi connectivity index (χ4v) is 1.15. The minimum absolute atomic E-state index is 0.137. The minimum Gasteiger partial charge on any atom is -0.326 e. The Kier molecular flexibility index (Phi) is 3.65. The highest BCUT2D eigenvalue weighted by Gasteiger charge is 2.06. The number of carbonyl (C=O) groups excluding carboxylic acids is 2. The highest BCUT2D eigenvalue weighted by molar-refractivity contribution is 6.27. The predicted molar refractivity (Wildman–Crippen MR) is 55.0 cm³/mol. The van der Waals surface area contributed by atoms with Gasteiger partial charge in [0.15, 0.2) is 0 Å². The molecular formula is C10H9ClNO2. The summed E-state index contributed by atoms with van der Waals surface area (Å²) in [6.45, 7) is 1.43. The first kappa shape index (κ1) is 10.7. The molecule has 0 bridgehead atoms. The molecule has 0 heterocycles. The molecule has 0 saturated carbocycles. The second kappa shape index (κ2) is 4.77. The molecule has 4 heteroatoms. The molecule has 1 aromatic rings. The number of hydrogen-bond donors (Lipinski definition) is 1. The zero-order chi connectivity index (χ0) is 10.6. The van der Waals surface area contributed by atoms with Crippen molar-refractivity contribution in [1.29, 1.82) is 0 Å². The number of anilines is 1. The normalized spacial score (nSPS) is 11.9. The van der Waals surface area contributed by atoms with Crippen LogP contribution in [0, 0.1) is 0 Å². The lowest BCUT2D eigenvalue weighted by Gasteiger charge is -2.04. The molecular weight excluding hydrogens is 202 g/mol. The maximum absolute atomic E-state index is 10.7. The molecule has 1 N–H and O–H groups in total. The molecule has 3 nitrogen and oxygen atoms in total. The van der Waals surface area contributed by atoms with Crippen molar-refractivity contribution < 1.29 is 9.59 Å². The Morgan fingerprint density at radius 1 is 1.43 bits per heavy atom. The van der Waals surface area contributed by atoms with Gasteiger partial charge < -0.3 is 5.32 Å². The summed E-state index contributed by atoms with van der Waals surface area (Å²) in [7, 11) is 0. The molecule has 73 valence electrons. The van der Waals surface area contributed by atoms with Gasteiger partial charge in [-0.3, -0.25) is 9.59 Å². The third-order valence-electron chi connectivity index (χ3n) is 1.63. The molecule has 1 unspecified atom stereocenters. The lowest BCUT2D eigenvalue weighted by molar-refractivity contribution is -0.114. The first-order valence-electron chi connectivity index (χ1n) is 4.03. The summed E-state index contributed by atoms with van der Waals surface area (Å²) in [6, 6.07) is 6.72. The number of alkyl halides is 1. The Morgan fingerprint density at radius 2 is 2.00 bits per heavy atom. The van der Waals surface area contributed by atoms with Crippen LogP contribution in [0.15, 0.2) is 24.3 Å². The van der Waals surface area contributed by atoms with E-state index in [0.717, 1.165) is 0 Å². The minimum atomic E-state index is -0.749. The summed E-state index contributed by atoms with van der Waals surface area (Å²) in [5, 5.41) is 1.86. The standard InChI is InChI=1S/C10H9ClNO2/c1-7(14)12-9-4-2-8(3-5-9)10(11)6-13/h2-5,10H,1H3,(H,12,14). The van der Waals surface area contributed by atoms with Crippen LogP contribution in [0.3, 0.4) is 0 Å². The van der Waals surface area contributed by atoms with Gasteiger partial charge in [-0.2, -0.15) is 0 Å². The molecule has 0 aliphatic carbocycles. The second-order valence-corrected chi connectivity index (χ2v) is 3.22. The van der Waals surface area contributed by atoms with Crippen molar-refractivity contribution in [1.82, 2.24) is 0 Å². The molecule has 1 atom stereocenters. The molecule has 1 radical (unpaired) electrons. The van der Waals surface area contributed by atoms with Crippen molar-refractivity contribution in [2.45, 2.75) is 12.3 Å². The fourth-order valence-electron chi connectivity index (χ4n) is 1.01. The third kappa shape index (κ3) is 2.85. The van der Waals surface area contributed by atoms with Crippen LogP contribution in [0.5, 0.6) is 0 Å². The molecule has 0 spiro atoms. The van der Waals surface area contributed by atoms with Crippen molar-refractivity contribution in [2.75, 3.05) is 5.32 Å². The summed E-state index contributed by atoms with van der Waals surface area (Å²) in [6.07, 6.45) is 1.67. The topological polar surface area (TPSA) is 46.2 Å².